The molecule has 0 bridgehead atoms. The Labute approximate surface area is 172 Å². The Morgan fingerprint density at radius 1 is 1.00 bits per heavy atom. The van der Waals surface area contributed by atoms with Gasteiger partial charge in [-0.15, -0.1) is 0 Å². The van der Waals surface area contributed by atoms with Gasteiger partial charge in [-0.25, -0.2) is 4.68 Å². The SMILES string of the molecule is CCc1ccc(CN2CCC(n3nccc3NC(=O)c3ccccc3)CC2)cc1. The van der Waals surface area contributed by atoms with Crippen LogP contribution >= 0.6 is 0 Å². The van der Waals surface area contributed by atoms with E-state index in [0.29, 0.717) is 11.6 Å². The molecule has 0 aliphatic carbocycles. The van der Waals surface area contributed by atoms with E-state index in [0.717, 1.165) is 44.7 Å². The van der Waals surface area contributed by atoms with Crippen LogP contribution in [0.2, 0.25) is 0 Å². The average molecular weight is 389 g/mol. The van der Waals surface area contributed by atoms with Crippen molar-refractivity contribution >= 4 is 11.7 Å². The molecule has 2 aromatic carbocycles. The summed E-state index contributed by atoms with van der Waals surface area (Å²) in [6, 6.07) is 20.4. The number of carbonyl (C=O) groups excluding carboxylic acids is 1. The summed E-state index contributed by atoms with van der Waals surface area (Å²) < 4.78 is 1.98. The summed E-state index contributed by atoms with van der Waals surface area (Å²) in [5.41, 5.74) is 3.41. The summed E-state index contributed by atoms with van der Waals surface area (Å²) >= 11 is 0. The molecule has 150 valence electrons. The molecule has 0 saturated carbocycles. The molecule has 1 fully saturated rings. The Morgan fingerprint density at radius 3 is 2.38 bits per heavy atom. The second-order valence-electron chi connectivity index (χ2n) is 7.66. The number of benzene rings is 2. The monoisotopic (exact) mass is 388 g/mol. The van der Waals surface area contributed by atoms with Crippen molar-refractivity contribution in [2.75, 3.05) is 18.4 Å². The molecule has 29 heavy (non-hydrogen) atoms. The summed E-state index contributed by atoms with van der Waals surface area (Å²) in [6.07, 6.45) is 4.91. The number of anilines is 1. The van der Waals surface area contributed by atoms with Crippen LogP contribution in [0.15, 0.2) is 66.9 Å². The predicted octanol–water partition coefficient (Wildman–Crippen LogP) is 4.53. The first kappa shape index (κ1) is 19.4. The summed E-state index contributed by atoms with van der Waals surface area (Å²) in [5, 5.41) is 7.51. The van der Waals surface area contributed by atoms with E-state index >= 15 is 0 Å². The minimum absolute atomic E-state index is 0.0969. The Morgan fingerprint density at radius 2 is 1.69 bits per heavy atom. The summed E-state index contributed by atoms with van der Waals surface area (Å²) in [5.74, 6) is 0.674. The Hall–Kier alpha value is -2.92. The lowest BCUT2D eigenvalue weighted by Crippen LogP contribution is -2.35. The maximum atomic E-state index is 12.5. The highest BCUT2D eigenvalue weighted by molar-refractivity contribution is 6.03. The lowest BCUT2D eigenvalue weighted by Gasteiger charge is -2.32. The normalized spacial score (nSPS) is 15.3. The number of aryl methyl sites for hydroxylation is 1. The van der Waals surface area contributed by atoms with E-state index in [9.17, 15) is 4.79 Å². The summed E-state index contributed by atoms with van der Waals surface area (Å²) in [7, 11) is 0. The van der Waals surface area contributed by atoms with Crippen LogP contribution in [-0.4, -0.2) is 33.7 Å². The van der Waals surface area contributed by atoms with Crippen molar-refractivity contribution in [3.63, 3.8) is 0 Å². The van der Waals surface area contributed by atoms with Gasteiger partial charge in [0, 0.05) is 31.3 Å². The first-order valence-corrected chi connectivity index (χ1v) is 10.4. The molecule has 4 rings (SSSR count). The van der Waals surface area contributed by atoms with Gasteiger partial charge in [-0.05, 0) is 42.5 Å². The van der Waals surface area contributed by atoms with E-state index in [1.807, 2.05) is 41.1 Å². The molecular weight excluding hydrogens is 360 g/mol. The van der Waals surface area contributed by atoms with Crippen LogP contribution in [0.4, 0.5) is 5.82 Å². The van der Waals surface area contributed by atoms with E-state index in [1.165, 1.54) is 11.1 Å². The number of carbonyl (C=O) groups is 1. The third kappa shape index (κ3) is 4.74. The third-order valence-electron chi connectivity index (χ3n) is 5.69. The second-order valence-corrected chi connectivity index (χ2v) is 7.66. The Balaban J connectivity index is 1.34. The van der Waals surface area contributed by atoms with Gasteiger partial charge in [0.1, 0.15) is 5.82 Å². The fourth-order valence-corrected chi connectivity index (χ4v) is 3.94. The second kappa shape index (κ2) is 9.05. The molecule has 3 aromatic rings. The van der Waals surface area contributed by atoms with Crippen molar-refractivity contribution < 1.29 is 4.79 Å². The van der Waals surface area contributed by atoms with Crippen molar-refractivity contribution in [2.45, 2.75) is 38.8 Å². The molecule has 0 unspecified atom stereocenters. The lowest BCUT2D eigenvalue weighted by atomic mass is 10.0. The van der Waals surface area contributed by atoms with Crippen molar-refractivity contribution in [3.8, 4) is 0 Å². The number of likely N-dealkylation sites (tertiary alicyclic amines) is 1. The van der Waals surface area contributed by atoms with Gasteiger partial charge in [0.2, 0.25) is 0 Å². The fraction of sp³-hybridized carbons (Fsp3) is 0.333. The quantitative estimate of drug-likeness (QED) is 0.675. The van der Waals surface area contributed by atoms with E-state index in [2.05, 4.69) is 46.5 Å². The van der Waals surface area contributed by atoms with E-state index in [1.54, 1.807) is 6.20 Å². The lowest BCUT2D eigenvalue weighted by molar-refractivity contribution is 0.102. The van der Waals surface area contributed by atoms with E-state index < -0.39 is 0 Å². The number of amides is 1. The molecule has 5 nitrogen and oxygen atoms in total. The summed E-state index contributed by atoms with van der Waals surface area (Å²) in [6.45, 7) is 5.25. The van der Waals surface area contributed by atoms with Crippen LogP contribution in [0.1, 0.15) is 47.3 Å². The number of piperidine rings is 1. The predicted molar refractivity (Wildman–Crippen MR) is 116 cm³/mol. The molecule has 1 saturated heterocycles. The fourth-order valence-electron chi connectivity index (χ4n) is 3.94. The number of rotatable bonds is 6. The molecule has 5 heteroatoms. The van der Waals surface area contributed by atoms with Gasteiger partial charge >= 0.3 is 0 Å². The van der Waals surface area contributed by atoms with E-state index in [4.69, 9.17) is 0 Å². The van der Waals surface area contributed by atoms with Crippen LogP contribution in [0, 0.1) is 0 Å². The maximum absolute atomic E-state index is 12.5. The highest BCUT2D eigenvalue weighted by Gasteiger charge is 2.23. The Kier molecular flexibility index (Phi) is 6.06. The van der Waals surface area contributed by atoms with Gasteiger partial charge in [-0.3, -0.25) is 9.69 Å². The third-order valence-corrected chi connectivity index (χ3v) is 5.69. The molecule has 1 aliphatic heterocycles. The molecule has 1 aromatic heterocycles. The zero-order chi connectivity index (χ0) is 20.1. The first-order chi connectivity index (χ1) is 14.2. The van der Waals surface area contributed by atoms with Gasteiger partial charge in [-0.2, -0.15) is 5.10 Å². The maximum Gasteiger partial charge on any atom is 0.256 e. The summed E-state index contributed by atoms with van der Waals surface area (Å²) in [4.78, 5) is 15.0. The zero-order valence-corrected chi connectivity index (χ0v) is 16.9. The highest BCUT2D eigenvalue weighted by Crippen LogP contribution is 2.26. The van der Waals surface area contributed by atoms with Crippen LogP contribution in [0.5, 0.6) is 0 Å². The number of nitrogens with zero attached hydrogens (tertiary/aromatic N) is 3. The van der Waals surface area contributed by atoms with Gasteiger partial charge < -0.3 is 5.32 Å². The minimum Gasteiger partial charge on any atom is -0.307 e. The molecule has 1 aliphatic rings. The van der Waals surface area contributed by atoms with E-state index in [-0.39, 0.29) is 5.91 Å². The van der Waals surface area contributed by atoms with Crippen molar-refractivity contribution in [1.29, 1.82) is 0 Å². The number of aromatic nitrogens is 2. The molecule has 0 spiro atoms. The van der Waals surface area contributed by atoms with Crippen LogP contribution in [0.25, 0.3) is 0 Å². The number of nitrogens with one attached hydrogen (secondary N) is 1. The Bertz CT molecular complexity index is 925. The molecular formula is C24H28N4O. The topological polar surface area (TPSA) is 50.2 Å². The largest absolute Gasteiger partial charge is 0.307 e. The van der Waals surface area contributed by atoms with Crippen molar-refractivity contribution in [2.24, 2.45) is 0 Å². The molecule has 1 N–H and O–H groups in total. The van der Waals surface area contributed by atoms with Crippen molar-refractivity contribution in [1.82, 2.24) is 14.7 Å². The zero-order valence-electron chi connectivity index (χ0n) is 16.9. The smallest absolute Gasteiger partial charge is 0.256 e. The van der Waals surface area contributed by atoms with Crippen LogP contribution in [-0.2, 0) is 13.0 Å². The first-order valence-electron chi connectivity index (χ1n) is 10.4. The van der Waals surface area contributed by atoms with Gasteiger partial charge in [-0.1, -0.05) is 49.4 Å². The number of hydrogen-bond donors (Lipinski definition) is 1. The molecule has 2 heterocycles. The highest BCUT2D eigenvalue weighted by atomic mass is 16.1. The van der Waals surface area contributed by atoms with Crippen molar-refractivity contribution in [3.05, 3.63) is 83.6 Å². The van der Waals surface area contributed by atoms with Crippen LogP contribution in [0.3, 0.4) is 0 Å². The van der Waals surface area contributed by atoms with Gasteiger partial charge in [0.25, 0.3) is 5.91 Å². The van der Waals surface area contributed by atoms with Crippen LogP contribution < -0.4 is 5.32 Å². The van der Waals surface area contributed by atoms with Gasteiger partial charge in [0.05, 0.1) is 12.2 Å². The molecule has 0 radical (unpaired) electrons. The molecule has 0 atom stereocenters. The molecule has 1 amide bonds. The standard InChI is InChI=1S/C24H28N4O/c1-2-19-8-10-20(11-9-19)18-27-16-13-22(14-17-27)28-23(12-15-25-28)26-24(29)21-6-4-3-5-7-21/h3-12,15,22H,2,13-14,16-18H2,1H3,(H,26,29). The van der Waals surface area contributed by atoms with Gasteiger partial charge in [0.15, 0.2) is 0 Å². The minimum atomic E-state index is -0.0969. The average Bonchev–Trinajstić information content (AvgIpc) is 3.23. The number of hydrogen-bond acceptors (Lipinski definition) is 3.